The second kappa shape index (κ2) is 2.59. The van der Waals surface area contributed by atoms with Crippen molar-refractivity contribution in [1.82, 2.24) is 0 Å². The minimum atomic E-state index is -0.785. The maximum atomic E-state index is 10.4. The summed E-state index contributed by atoms with van der Waals surface area (Å²) in [5.74, 6) is -1.39. The third kappa shape index (κ3) is 1.50. The maximum Gasteiger partial charge on any atom is 0.377 e. The van der Waals surface area contributed by atoms with Crippen molar-refractivity contribution in [2.24, 2.45) is 0 Å². The van der Waals surface area contributed by atoms with Crippen molar-refractivity contribution < 1.29 is 19.1 Å². The van der Waals surface area contributed by atoms with Gasteiger partial charge in [0.2, 0.25) is 0 Å². The molecular formula is C5H6O4. The molecule has 0 radical (unpaired) electrons. The van der Waals surface area contributed by atoms with Crippen molar-refractivity contribution in [1.29, 1.82) is 0 Å². The van der Waals surface area contributed by atoms with Crippen LogP contribution in [0.2, 0.25) is 0 Å². The SMILES string of the molecule is O=C1COCCOC1=O. The first-order chi connectivity index (χ1) is 4.30. The molecule has 0 saturated carbocycles. The molecule has 50 valence electrons. The van der Waals surface area contributed by atoms with Gasteiger partial charge in [0.1, 0.15) is 13.2 Å². The van der Waals surface area contributed by atoms with E-state index >= 15 is 0 Å². The van der Waals surface area contributed by atoms with Crippen LogP contribution in [0, 0.1) is 0 Å². The van der Waals surface area contributed by atoms with Crippen LogP contribution >= 0.6 is 0 Å². The van der Waals surface area contributed by atoms with Gasteiger partial charge < -0.3 is 9.47 Å². The summed E-state index contributed by atoms with van der Waals surface area (Å²) < 4.78 is 9.08. The Labute approximate surface area is 51.7 Å². The Morgan fingerprint density at radius 2 is 2.00 bits per heavy atom. The molecule has 0 bridgehead atoms. The van der Waals surface area contributed by atoms with Gasteiger partial charge in [-0.2, -0.15) is 0 Å². The van der Waals surface area contributed by atoms with Gasteiger partial charge in [0, 0.05) is 0 Å². The van der Waals surface area contributed by atoms with Crippen molar-refractivity contribution >= 4 is 11.8 Å². The first-order valence-electron chi connectivity index (χ1n) is 2.58. The average Bonchev–Trinajstić information content (AvgIpc) is 1.99. The lowest BCUT2D eigenvalue weighted by molar-refractivity contribution is -0.152. The zero-order valence-electron chi connectivity index (χ0n) is 4.75. The third-order valence-electron chi connectivity index (χ3n) is 0.922. The predicted molar refractivity (Wildman–Crippen MR) is 26.8 cm³/mol. The van der Waals surface area contributed by atoms with Crippen molar-refractivity contribution in [3.63, 3.8) is 0 Å². The molecule has 0 spiro atoms. The summed E-state index contributed by atoms with van der Waals surface area (Å²) in [5.41, 5.74) is 0. The van der Waals surface area contributed by atoms with Gasteiger partial charge >= 0.3 is 5.97 Å². The van der Waals surface area contributed by atoms with Gasteiger partial charge in [-0.15, -0.1) is 0 Å². The Morgan fingerprint density at radius 1 is 1.22 bits per heavy atom. The van der Waals surface area contributed by atoms with Gasteiger partial charge in [-0.3, -0.25) is 4.79 Å². The van der Waals surface area contributed by atoms with E-state index in [1.165, 1.54) is 0 Å². The first-order valence-corrected chi connectivity index (χ1v) is 2.58. The summed E-state index contributed by atoms with van der Waals surface area (Å²) in [6, 6.07) is 0. The van der Waals surface area contributed by atoms with Gasteiger partial charge in [0.05, 0.1) is 6.61 Å². The van der Waals surface area contributed by atoms with Crippen molar-refractivity contribution in [2.75, 3.05) is 19.8 Å². The molecule has 1 aliphatic heterocycles. The molecule has 0 aromatic rings. The van der Waals surface area contributed by atoms with E-state index in [1.54, 1.807) is 0 Å². The Hall–Kier alpha value is -0.900. The maximum absolute atomic E-state index is 10.4. The van der Waals surface area contributed by atoms with Crippen molar-refractivity contribution in [3.05, 3.63) is 0 Å². The molecule has 0 unspecified atom stereocenters. The van der Waals surface area contributed by atoms with E-state index in [4.69, 9.17) is 0 Å². The van der Waals surface area contributed by atoms with Crippen LogP contribution in [-0.2, 0) is 19.1 Å². The number of cyclic esters (lactones) is 1. The summed E-state index contributed by atoms with van der Waals surface area (Å²) >= 11 is 0. The molecule has 1 fully saturated rings. The fraction of sp³-hybridized carbons (Fsp3) is 0.600. The van der Waals surface area contributed by atoms with Gasteiger partial charge in [-0.25, -0.2) is 4.79 Å². The molecule has 1 heterocycles. The molecule has 0 aliphatic carbocycles. The van der Waals surface area contributed by atoms with Gasteiger partial charge in [0.25, 0.3) is 5.78 Å². The molecule has 0 amide bonds. The largest absolute Gasteiger partial charge is 0.457 e. The molecule has 1 aliphatic rings. The van der Waals surface area contributed by atoms with Crippen molar-refractivity contribution in [3.8, 4) is 0 Å². The molecule has 4 nitrogen and oxygen atoms in total. The van der Waals surface area contributed by atoms with Crippen LogP contribution in [0.1, 0.15) is 0 Å². The zero-order chi connectivity index (χ0) is 6.69. The van der Waals surface area contributed by atoms with Crippen molar-refractivity contribution in [2.45, 2.75) is 0 Å². The van der Waals surface area contributed by atoms with Crippen LogP contribution in [0.15, 0.2) is 0 Å². The molecule has 9 heavy (non-hydrogen) atoms. The number of carbonyl (C=O) groups excluding carboxylic acids is 2. The Morgan fingerprint density at radius 3 is 2.78 bits per heavy atom. The normalized spacial score (nSPS) is 20.9. The lowest BCUT2D eigenvalue weighted by Crippen LogP contribution is -2.17. The van der Waals surface area contributed by atoms with Gasteiger partial charge in [0.15, 0.2) is 0 Å². The van der Waals surface area contributed by atoms with Gasteiger partial charge in [-0.1, -0.05) is 0 Å². The second-order valence-corrected chi connectivity index (χ2v) is 1.61. The van der Waals surface area contributed by atoms with Crippen LogP contribution in [-0.4, -0.2) is 31.6 Å². The molecule has 4 heteroatoms. The standard InChI is InChI=1S/C5H6O4/c6-4-3-8-1-2-9-5(4)7/h1-3H2. The van der Waals surface area contributed by atoms with E-state index in [9.17, 15) is 9.59 Å². The zero-order valence-corrected chi connectivity index (χ0v) is 4.75. The monoisotopic (exact) mass is 130 g/mol. The number of rotatable bonds is 0. The van der Waals surface area contributed by atoms with Crippen LogP contribution in [0.3, 0.4) is 0 Å². The van der Waals surface area contributed by atoms with Crippen LogP contribution in [0.5, 0.6) is 0 Å². The van der Waals surface area contributed by atoms with E-state index in [0.717, 1.165) is 0 Å². The minimum Gasteiger partial charge on any atom is -0.457 e. The fourth-order valence-electron chi connectivity index (χ4n) is 0.498. The molecular weight excluding hydrogens is 124 g/mol. The Bertz CT molecular complexity index is 124. The number of hydrogen-bond donors (Lipinski definition) is 0. The lowest BCUT2D eigenvalue weighted by atomic mass is 10.4. The highest BCUT2D eigenvalue weighted by Crippen LogP contribution is 1.89. The number of hydrogen-bond acceptors (Lipinski definition) is 4. The Kier molecular flexibility index (Phi) is 1.79. The molecule has 1 rings (SSSR count). The number of Topliss-reactive ketones (excluding diaryl/α,β-unsaturated/α-hetero) is 1. The van der Waals surface area contributed by atoms with Crippen LogP contribution < -0.4 is 0 Å². The number of carbonyl (C=O) groups is 2. The fourth-order valence-corrected chi connectivity index (χ4v) is 0.498. The minimum absolute atomic E-state index is 0.140. The third-order valence-corrected chi connectivity index (χ3v) is 0.922. The highest BCUT2D eigenvalue weighted by molar-refractivity contribution is 6.34. The van der Waals surface area contributed by atoms with Crippen LogP contribution in [0.4, 0.5) is 0 Å². The summed E-state index contributed by atoms with van der Waals surface area (Å²) in [4.78, 5) is 20.8. The summed E-state index contributed by atoms with van der Waals surface area (Å²) in [6.07, 6.45) is 0. The smallest absolute Gasteiger partial charge is 0.377 e. The lowest BCUT2D eigenvalue weighted by Gasteiger charge is -1.92. The number of esters is 1. The van der Waals surface area contributed by atoms with E-state index in [-0.39, 0.29) is 13.2 Å². The molecule has 0 N–H and O–H groups in total. The van der Waals surface area contributed by atoms with E-state index in [1.807, 2.05) is 0 Å². The topological polar surface area (TPSA) is 52.6 Å². The van der Waals surface area contributed by atoms with E-state index in [0.29, 0.717) is 6.61 Å². The number of ether oxygens (including phenoxy) is 2. The summed E-state index contributed by atoms with van der Waals surface area (Å²) in [5, 5.41) is 0. The van der Waals surface area contributed by atoms with E-state index < -0.39 is 11.8 Å². The molecule has 0 aromatic heterocycles. The molecule has 0 atom stereocenters. The highest BCUT2D eigenvalue weighted by atomic mass is 16.6. The summed E-state index contributed by atoms with van der Waals surface area (Å²) in [6.45, 7) is 0.362. The second-order valence-electron chi connectivity index (χ2n) is 1.61. The molecule has 1 saturated heterocycles. The van der Waals surface area contributed by atoms with Crippen LogP contribution in [0.25, 0.3) is 0 Å². The Balaban J connectivity index is 2.51. The first kappa shape index (κ1) is 6.22. The quantitative estimate of drug-likeness (QED) is 0.316. The highest BCUT2D eigenvalue weighted by Gasteiger charge is 2.17. The van der Waals surface area contributed by atoms with E-state index in [2.05, 4.69) is 9.47 Å². The summed E-state index contributed by atoms with van der Waals surface area (Å²) in [7, 11) is 0. The molecule has 0 aromatic carbocycles. The number of ketones is 1. The predicted octanol–water partition coefficient (Wildman–Crippen LogP) is -0.871. The van der Waals surface area contributed by atoms with Gasteiger partial charge in [-0.05, 0) is 0 Å². The average molecular weight is 130 g/mol.